The van der Waals surface area contributed by atoms with Crippen LogP contribution in [0.15, 0.2) is 41.8 Å². The highest BCUT2D eigenvalue weighted by Crippen LogP contribution is 2.14. The van der Waals surface area contributed by atoms with Crippen LogP contribution >= 0.6 is 0 Å². The van der Waals surface area contributed by atoms with Crippen molar-refractivity contribution in [3.8, 4) is 36.9 Å². The van der Waals surface area contributed by atoms with Gasteiger partial charge in [0.05, 0.1) is 11.8 Å². The fourth-order valence-corrected chi connectivity index (χ4v) is 1.36. The molecule has 0 aliphatic carbocycles. The third-order valence-corrected chi connectivity index (χ3v) is 2.21. The van der Waals surface area contributed by atoms with Crippen LogP contribution in [-0.4, -0.2) is 16.2 Å². The summed E-state index contributed by atoms with van der Waals surface area (Å²) in [6.45, 7) is 7.00. The van der Waals surface area contributed by atoms with Crippen LogP contribution in [0.1, 0.15) is 11.1 Å². The van der Waals surface area contributed by atoms with Gasteiger partial charge in [0.25, 0.3) is 0 Å². The van der Waals surface area contributed by atoms with E-state index in [-0.39, 0.29) is 0 Å². The number of aromatic nitrogens is 2. The van der Waals surface area contributed by atoms with Gasteiger partial charge >= 0.3 is 0 Å². The highest BCUT2D eigenvalue weighted by atomic mass is 15.1. The molecule has 0 saturated carbocycles. The minimum absolute atomic E-state index is 0.639. The van der Waals surface area contributed by atoms with Crippen LogP contribution in [0.25, 0.3) is 11.4 Å². The van der Waals surface area contributed by atoms with Gasteiger partial charge in [-0.1, -0.05) is 30.2 Å². The van der Waals surface area contributed by atoms with Gasteiger partial charge in [0.15, 0.2) is 5.82 Å². The van der Waals surface area contributed by atoms with E-state index in [1.807, 2.05) is 24.3 Å². The molecule has 0 unspecified atom stereocenters. The molecule has 2 aromatic rings. The number of nitrogens with two attached hydrogens (primary N) is 1. The Morgan fingerprint density at radius 3 is 2.00 bits per heavy atom. The van der Waals surface area contributed by atoms with Crippen LogP contribution < -0.4 is 5.84 Å². The molecular formula is C15H12N6. The van der Waals surface area contributed by atoms with E-state index in [0.717, 1.165) is 11.1 Å². The lowest BCUT2D eigenvalue weighted by molar-refractivity contribution is 1.16. The van der Waals surface area contributed by atoms with E-state index in [4.69, 9.17) is 22.8 Å². The lowest BCUT2D eigenvalue weighted by atomic mass is 10.1. The number of nitriles is 2. The maximum Gasteiger partial charge on any atom is 0.159 e. The van der Waals surface area contributed by atoms with E-state index < -0.39 is 0 Å². The summed E-state index contributed by atoms with van der Waals surface area (Å²) >= 11 is 0. The molecule has 1 aromatic heterocycles. The Morgan fingerprint density at radius 1 is 1.05 bits per heavy atom. The van der Waals surface area contributed by atoms with Gasteiger partial charge in [-0.2, -0.15) is 5.10 Å². The average Bonchev–Trinajstić information content (AvgIpc) is 2.60. The van der Waals surface area contributed by atoms with Crippen molar-refractivity contribution in [1.29, 1.82) is 10.5 Å². The summed E-state index contributed by atoms with van der Waals surface area (Å²) in [5.41, 5.74) is 2.51. The molecule has 0 radical (unpaired) electrons. The first kappa shape index (κ1) is 17.3. The zero-order chi connectivity index (χ0) is 16.1. The van der Waals surface area contributed by atoms with E-state index in [0.29, 0.717) is 11.4 Å². The SMILES string of the molecule is C#Cc1cnc(-c2ccc(C=NN)cc2)nc1.C#N.C#N. The van der Waals surface area contributed by atoms with E-state index in [2.05, 4.69) is 34.1 Å². The second-order valence-electron chi connectivity index (χ2n) is 3.34. The summed E-state index contributed by atoms with van der Waals surface area (Å²) in [6, 6.07) is 7.60. The molecule has 21 heavy (non-hydrogen) atoms. The predicted octanol–water partition coefficient (Wildman–Crippen LogP) is 1.70. The first-order valence-electron chi connectivity index (χ1n) is 5.47. The number of benzene rings is 1. The Labute approximate surface area is 123 Å². The van der Waals surface area contributed by atoms with Crippen molar-refractivity contribution in [3.63, 3.8) is 0 Å². The van der Waals surface area contributed by atoms with Crippen molar-refractivity contribution in [2.24, 2.45) is 10.9 Å². The molecule has 0 amide bonds. The van der Waals surface area contributed by atoms with Crippen molar-refractivity contribution in [2.45, 2.75) is 0 Å². The Hall–Kier alpha value is -3.69. The molecule has 0 atom stereocenters. The second-order valence-corrected chi connectivity index (χ2v) is 3.34. The summed E-state index contributed by atoms with van der Waals surface area (Å²) in [5, 5.41) is 16.5. The fourth-order valence-electron chi connectivity index (χ4n) is 1.36. The van der Waals surface area contributed by atoms with Gasteiger partial charge < -0.3 is 5.84 Å². The quantitative estimate of drug-likeness (QED) is 0.388. The number of rotatable bonds is 2. The highest BCUT2D eigenvalue weighted by molar-refractivity contribution is 5.80. The van der Waals surface area contributed by atoms with Crippen molar-refractivity contribution in [1.82, 2.24) is 9.97 Å². The Morgan fingerprint density at radius 2 is 1.57 bits per heavy atom. The van der Waals surface area contributed by atoms with Crippen molar-refractivity contribution >= 4 is 6.21 Å². The van der Waals surface area contributed by atoms with Gasteiger partial charge in [-0.25, -0.2) is 20.5 Å². The fraction of sp³-hybridized carbons (Fsp3) is 0. The smallest absolute Gasteiger partial charge is 0.159 e. The van der Waals surface area contributed by atoms with Crippen LogP contribution in [0.4, 0.5) is 0 Å². The van der Waals surface area contributed by atoms with E-state index in [1.165, 1.54) is 0 Å². The summed E-state index contributed by atoms with van der Waals surface area (Å²) < 4.78 is 0. The minimum atomic E-state index is 0.639. The van der Waals surface area contributed by atoms with Gasteiger partial charge in [0, 0.05) is 31.1 Å². The molecule has 1 aromatic carbocycles. The van der Waals surface area contributed by atoms with Crippen molar-refractivity contribution in [3.05, 3.63) is 47.8 Å². The molecule has 2 N–H and O–H groups in total. The number of hydrazone groups is 1. The molecule has 6 heteroatoms. The minimum Gasteiger partial charge on any atom is -0.323 e. The Kier molecular flexibility index (Phi) is 8.45. The van der Waals surface area contributed by atoms with Crippen LogP contribution in [-0.2, 0) is 0 Å². The van der Waals surface area contributed by atoms with Crippen LogP contribution in [0.3, 0.4) is 0 Å². The maximum atomic E-state index is 6.50. The third kappa shape index (κ3) is 5.21. The maximum absolute atomic E-state index is 6.50. The van der Waals surface area contributed by atoms with Gasteiger partial charge in [0.2, 0.25) is 0 Å². The molecule has 0 bridgehead atoms. The highest BCUT2D eigenvalue weighted by Gasteiger charge is 2.00. The summed E-state index contributed by atoms with van der Waals surface area (Å²) in [6.07, 6.45) is 10.1. The van der Waals surface area contributed by atoms with Gasteiger partial charge in [-0.05, 0) is 5.56 Å². The van der Waals surface area contributed by atoms with Gasteiger partial charge in [-0.15, -0.1) is 6.42 Å². The van der Waals surface area contributed by atoms with Gasteiger partial charge in [0.1, 0.15) is 0 Å². The van der Waals surface area contributed by atoms with E-state index in [1.54, 1.807) is 18.6 Å². The van der Waals surface area contributed by atoms with Crippen LogP contribution in [0.5, 0.6) is 0 Å². The first-order valence-corrected chi connectivity index (χ1v) is 5.47. The standard InChI is InChI=1S/C13H10N4.2CHN/c1-2-10-7-15-13(16-8-10)12-5-3-11(4-6-12)9-17-14;2*1-2/h1,3-9H,14H2;2*1H. The third-order valence-electron chi connectivity index (χ3n) is 2.21. The summed E-state index contributed by atoms with van der Waals surface area (Å²) in [5.74, 6) is 8.18. The zero-order valence-electron chi connectivity index (χ0n) is 11.1. The topological polar surface area (TPSA) is 112 Å². The summed E-state index contributed by atoms with van der Waals surface area (Å²) in [4.78, 5) is 8.37. The molecule has 0 fully saturated rings. The monoisotopic (exact) mass is 276 g/mol. The molecular weight excluding hydrogens is 264 g/mol. The molecule has 0 aliphatic heterocycles. The van der Waals surface area contributed by atoms with Crippen LogP contribution in [0.2, 0.25) is 0 Å². The zero-order valence-corrected chi connectivity index (χ0v) is 11.1. The van der Waals surface area contributed by atoms with Gasteiger partial charge in [-0.3, -0.25) is 0 Å². The molecule has 6 nitrogen and oxygen atoms in total. The summed E-state index contributed by atoms with van der Waals surface area (Å²) in [7, 11) is 0. The molecule has 102 valence electrons. The van der Waals surface area contributed by atoms with E-state index >= 15 is 0 Å². The largest absolute Gasteiger partial charge is 0.323 e. The molecule has 0 saturated heterocycles. The van der Waals surface area contributed by atoms with Crippen molar-refractivity contribution < 1.29 is 0 Å². The normalized spacial score (nSPS) is 8.52. The second kappa shape index (κ2) is 10.3. The predicted molar refractivity (Wildman–Crippen MR) is 80.5 cm³/mol. The van der Waals surface area contributed by atoms with E-state index in [9.17, 15) is 0 Å². The Bertz CT molecular complexity index is 639. The average molecular weight is 276 g/mol. The van der Waals surface area contributed by atoms with Crippen LogP contribution in [0, 0.1) is 36.0 Å². The molecule has 0 aliphatic rings. The first-order chi connectivity index (χ1) is 10.3. The number of hydrogen-bond acceptors (Lipinski definition) is 6. The molecule has 1 heterocycles. The van der Waals surface area contributed by atoms with Crippen molar-refractivity contribution in [2.75, 3.05) is 0 Å². The lowest BCUT2D eigenvalue weighted by Gasteiger charge is -2.00. The number of terminal acetylenes is 1. The number of nitrogens with zero attached hydrogens (tertiary/aromatic N) is 5. The molecule has 0 spiro atoms. The Balaban J connectivity index is 0.000000921. The molecule has 2 rings (SSSR count). The number of hydrogen-bond donors (Lipinski definition) is 1. The lowest BCUT2D eigenvalue weighted by Crippen LogP contribution is -1.91.